The van der Waals surface area contributed by atoms with Gasteiger partial charge < -0.3 is 4.74 Å². The smallest absolute Gasteiger partial charge is 0.311 e. The Morgan fingerprint density at radius 1 is 1.32 bits per heavy atom. The molecule has 22 heavy (non-hydrogen) atoms. The Balaban J connectivity index is 1.83. The summed E-state index contributed by atoms with van der Waals surface area (Å²) < 4.78 is 5.62. The third kappa shape index (κ3) is 3.10. The number of nitro benzene ring substituents is 1. The molecule has 1 aromatic carbocycles. The van der Waals surface area contributed by atoms with E-state index in [0.717, 1.165) is 19.6 Å². The van der Waals surface area contributed by atoms with Crippen LogP contribution in [-0.2, 0) is 0 Å². The number of aromatic nitrogens is 2. The molecule has 1 aliphatic rings. The minimum atomic E-state index is -0.478. The highest BCUT2D eigenvalue weighted by Gasteiger charge is 2.19. The molecule has 0 atom stereocenters. The largest absolute Gasteiger partial charge is 0.485 e. The van der Waals surface area contributed by atoms with Gasteiger partial charge in [0, 0.05) is 24.1 Å². The third-order valence-corrected chi connectivity index (χ3v) is 4.03. The fourth-order valence-electron chi connectivity index (χ4n) is 2.59. The van der Waals surface area contributed by atoms with Crippen LogP contribution in [0.5, 0.6) is 5.75 Å². The molecule has 0 unspecified atom stereocenters. The van der Waals surface area contributed by atoms with Gasteiger partial charge >= 0.3 is 5.69 Å². The van der Waals surface area contributed by atoms with E-state index in [0.29, 0.717) is 17.5 Å². The summed E-state index contributed by atoms with van der Waals surface area (Å²) in [4.78, 5) is 20.9. The van der Waals surface area contributed by atoms with Crippen molar-refractivity contribution >= 4 is 28.2 Å². The van der Waals surface area contributed by atoms with Crippen LogP contribution < -0.4 is 4.74 Å². The van der Waals surface area contributed by atoms with Gasteiger partial charge in [-0.1, -0.05) is 11.6 Å². The van der Waals surface area contributed by atoms with E-state index in [1.54, 1.807) is 6.07 Å². The van der Waals surface area contributed by atoms with Crippen molar-refractivity contribution in [2.24, 2.45) is 0 Å². The number of rotatable bonds is 5. The Morgan fingerprint density at radius 3 is 2.82 bits per heavy atom. The van der Waals surface area contributed by atoms with Crippen LogP contribution in [0.1, 0.15) is 12.8 Å². The van der Waals surface area contributed by atoms with Gasteiger partial charge in [-0.3, -0.25) is 15.0 Å². The van der Waals surface area contributed by atoms with Crippen LogP contribution in [-0.4, -0.2) is 46.0 Å². The van der Waals surface area contributed by atoms with E-state index in [1.807, 2.05) is 0 Å². The van der Waals surface area contributed by atoms with Crippen LogP contribution in [0.4, 0.5) is 5.69 Å². The van der Waals surface area contributed by atoms with E-state index >= 15 is 0 Å². The zero-order chi connectivity index (χ0) is 15.5. The molecule has 1 fully saturated rings. The SMILES string of the molecule is O=[N+]([O-])c1cc2c(Cl)ncnc2cc1OCCN1CCCC1. The van der Waals surface area contributed by atoms with E-state index in [2.05, 4.69) is 14.9 Å². The van der Waals surface area contributed by atoms with Crippen LogP contribution in [0.3, 0.4) is 0 Å². The molecule has 1 saturated heterocycles. The molecule has 0 aliphatic carbocycles. The minimum absolute atomic E-state index is 0.120. The van der Waals surface area contributed by atoms with E-state index < -0.39 is 4.92 Å². The summed E-state index contributed by atoms with van der Waals surface area (Å²) >= 11 is 5.96. The molecule has 2 heterocycles. The maximum atomic E-state index is 11.2. The quantitative estimate of drug-likeness (QED) is 0.478. The average molecular weight is 323 g/mol. The summed E-state index contributed by atoms with van der Waals surface area (Å²) in [6.45, 7) is 3.29. The highest BCUT2D eigenvalue weighted by Crippen LogP contribution is 2.33. The lowest BCUT2D eigenvalue weighted by atomic mass is 10.2. The van der Waals surface area contributed by atoms with Crippen molar-refractivity contribution in [3.63, 3.8) is 0 Å². The number of nitrogens with zero attached hydrogens (tertiary/aromatic N) is 4. The first kappa shape index (κ1) is 14.9. The number of hydrogen-bond acceptors (Lipinski definition) is 6. The number of likely N-dealkylation sites (tertiary alicyclic amines) is 1. The number of nitro groups is 1. The van der Waals surface area contributed by atoms with Crippen LogP contribution in [0.25, 0.3) is 10.9 Å². The zero-order valence-corrected chi connectivity index (χ0v) is 12.6. The molecule has 8 heteroatoms. The fraction of sp³-hybridized carbons (Fsp3) is 0.429. The molecule has 1 aliphatic heterocycles. The van der Waals surface area contributed by atoms with Gasteiger partial charge in [-0.25, -0.2) is 9.97 Å². The van der Waals surface area contributed by atoms with Crippen molar-refractivity contribution in [3.8, 4) is 5.75 Å². The Morgan fingerprint density at radius 2 is 2.09 bits per heavy atom. The molecule has 0 bridgehead atoms. The number of ether oxygens (including phenoxy) is 1. The number of halogens is 1. The van der Waals surface area contributed by atoms with E-state index in [4.69, 9.17) is 16.3 Å². The maximum absolute atomic E-state index is 11.2. The molecule has 3 rings (SSSR count). The second-order valence-corrected chi connectivity index (χ2v) is 5.51. The summed E-state index contributed by atoms with van der Waals surface area (Å²) in [5.74, 6) is 0.214. The number of fused-ring (bicyclic) bond motifs is 1. The van der Waals surface area contributed by atoms with Crippen LogP contribution in [0.2, 0.25) is 5.15 Å². The van der Waals surface area contributed by atoms with Crippen molar-refractivity contribution < 1.29 is 9.66 Å². The molecule has 7 nitrogen and oxygen atoms in total. The van der Waals surface area contributed by atoms with Gasteiger partial charge in [-0.2, -0.15) is 0 Å². The monoisotopic (exact) mass is 322 g/mol. The van der Waals surface area contributed by atoms with Gasteiger partial charge in [-0.05, 0) is 25.9 Å². The van der Waals surface area contributed by atoms with Gasteiger partial charge in [0.2, 0.25) is 0 Å². The van der Waals surface area contributed by atoms with E-state index in [9.17, 15) is 10.1 Å². The highest BCUT2D eigenvalue weighted by atomic mass is 35.5. The Hall–Kier alpha value is -1.99. The lowest BCUT2D eigenvalue weighted by molar-refractivity contribution is -0.385. The molecule has 1 aromatic heterocycles. The normalized spacial score (nSPS) is 15.3. The van der Waals surface area contributed by atoms with Crippen molar-refractivity contribution in [1.29, 1.82) is 0 Å². The minimum Gasteiger partial charge on any atom is -0.485 e. The molecule has 0 spiro atoms. The third-order valence-electron chi connectivity index (χ3n) is 3.73. The first-order chi connectivity index (χ1) is 10.6. The molecule has 116 valence electrons. The Bertz CT molecular complexity index is 704. The fourth-order valence-corrected chi connectivity index (χ4v) is 2.79. The summed E-state index contributed by atoms with van der Waals surface area (Å²) in [6.07, 6.45) is 3.72. The van der Waals surface area contributed by atoms with Gasteiger partial charge in [0.1, 0.15) is 18.1 Å². The van der Waals surface area contributed by atoms with E-state index in [-0.39, 0.29) is 16.6 Å². The van der Waals surface area contributed by atoms with Crippen molar-refractivity contribution in [2.45, 2.75) is 12.8 Å². The number of benzene rings is 1. The van der Waals surface area contributed by atoms with Crippen molar-refractivity contribution in [3.05, 3.63) is 33.7 Å². The molecule has 0 saturated carbocycles. The first-order valence-electron chi connectivity index (χ1n) is 7.09. The van der Waals surface area contributed by atoms with Crippen LogP contribution >= 0.6 is 11.6 Å². The van der Waals surface area contributed by atoms with Gasteiger partial charge in [0.25, 0.3) is 0 Å². The molecule has 0 amide bonds. The second-order valence-electron chi connectivity index (χ2n) is 5.16. The highest BCUT2D eigenvalue weighted by molar-refractivity contribution is 6.34. The first-order valence-corrected chi connectivity index (χ1v) is 7.47. The average Bonchev–Trinajstić information content (AvgIpc) is 3.00. The Kier molecular flexibility index (Phi) is 4.35. The zero-order valence-electron chi connectivity index (χ0n) is 11.9. The summed E-state index contributed by atoms with van der Waals surface area (Å²) in [6, 6.07) is 2.91. The van der Waals surface area contributed by atoms with Crippen molar-refractivity contribution in [1.82, 2.24) is 14.9 Å². The summed E-state index contributed by atoms with van der Waals surface area (Å²) in [5.41, 5.74) is 0.410. The van der Waals surface area contributed by atoms with Crippen molar-refractivity contribution in [2.75, 3.05) is 26.2 Å². The lowest BCUT2D eigenvalue weighted by Gasteiger charge is -2.15. The van der Waals surface area contributed by atoms with Crippen LogP contribution in [0.15, 0.2) is 18.5 Å². The molecule has 0 N–H and O–H groups in total. The second kappa shape index (κ2) is 6.41. The molecular weight excluding hydrogens is 308 g/mol. The van der Waals surface area contributed by atoms with E-state index in [1.165, 1.54) is 25.2 Å². The van der Waals surface area contributed by atoms with Gasteiger partial charge in [0.15, 0.2) is 5.75 Å². The molecular formula is C14H15ClN4O3. The van der Waals surface area contributed by atoms with Gasteiger partial charge in [0.05, 0.1) is 10.4 Å². The lowest BCUT2D eigenvalue weighted by Crippen LogP contribution is -2.25. The standard InChI is InChI=1S/C14H15ClN4O3/c15-14-10-7-12(19(20)21)13(8-11(10)16-9-17-14)22-6-5-18-3-1-2-4-18/h7-9H,1-6H2. The molecule has 0 radical (unpaired) electrons. The maximum Gasteiger partial charge on any atom is 0.311 e. The predicted octanol–water partition coefficient (Wildman–Crippen LogP) is 2.67. The number of hydrogen-bond donors (Lipinski definition) is 0. The summed E-state index contributed by atoms with van der Waals surface area (Å²) in [5, 5.41) is 11.9. The Labute approximate surface area is 132 Å². The van der Waals surface area contributed by atoms with Crippen LogP contribution in [0, 0.1) is 10.1 Å². The predicted molar refractivity (Wildman–Crippen MR) is 82.4 cm³/mol. The van der Waals surface area contributed by atoms with Gasteiger partial charge in [-0.15, -0.1) is 0 Å². The summed E-state index contributed by atoms with van der Waals surface area (Å²) in [7, 11) is 0. The topological polar surface area (TPSA) is 81.4 Å². The molecule has 2 aromatic rings.